The number of nitriles is 1. The predicted octanol–water partition coefficient (Wildman–Crippen LogP) is 3.13. The van der Waals surface area contributed by atoms with Gasteiger partial charge in [-0.1, -0.05) is 13.3 Å². The lowest BCUT2D eigenvalue weighted by Gasteiger charge is -2.48. The van der Waals surface area contributed by atoms with E-state index in [9.17, 15) is 10.1 Å². The average Bonchev–Trinajstić information content (AvgIpc) is 2.59. The highest BCUT2D eigenvalue weighted by molar-refractivity contribution is 5.91. The van der Waals surface area contributed by atoms with Gasteiger partial charge in [0, 0.05) is 18.8 Å². The summed E-state index contributed by atoms with van der Waals surface area (Å²) in [6, 6.07) is 5.96. The number of hydrogen-bond acceptors (Lipinski definition) is 4. The van der Waals surface area contributed by atoms with Crippen molar-refractivity contribution in [2.24, 2.45) is 5.41 Å². The number of piperidine rings is 1. The van der Waals surface area contributed by atoms with E-state index in [2.05, 4.69) is 22.9 Å². The zero-order valence-electron chi connectivity index (χ0n) is 14.1. The van der Waals surface area contributed by atoms with E-state index in [0.29, 0.717) is 5.41 Å². The van der Waals surface area contributed by atoms with Crippen LogP contribution in [0, 0.1) is 16.7 Å². The second-order valence-electron chi connectivity index (χ2n) is 7.18. The summed E-state index contributed by atoms with van der Waals surface area (Å²) >= 11 is 0. The van der Waals surface area contributed by atoms with Crippen molar-refractivity contribution in [1.82, 2.24) is 9.97 Å². The fourth-order valence-corrected chi connectivity index (χ4v) is 4.18. The van der Waals surface area contributed by atoms with Gasteiger partial charge in [0.1, 0.15) is 17.1 Å². The van der Waals surface area contributed by atoms with Crippen molar-refractivity contribution in [3.8, 4) is 6.07 Å². The van der Waals surface area contributed by atoms with Crippen LogP contribution in [0.25, 0.3) is 11.0 Å². The van der Waals surface area contributed by atoms with Crippen LogP contribution in [-0.4, -0.2) is 23.1 Å². The molecule has 0 unspecified atom stereocenters. The molecule has 2 aromatic rings. The zero-order chi connectivity index (χ0) is 16.7. The van der Waals surface area contributed by atoms with E-state index >= 15 is 0 Å². The Bertz CT molecular complexity index is 879. The lowest BCUT2D eigenvalue weighted by atomic mass is 9.63. The number of hydrogen-bond donors (Lipinski definition) is 1. The van der Waals surface area contributed by atoms with E-state index in [1.54, 1.807) is 0 Å². The molecule has 1 N–H and O–H groups in total. The molecule has 0 bridgehead atoms. The van der Waals surface area contributed by atoms with Crippen molar-refractivity contribution >= 4 is 16.7 Å². The van der Waals surface area contributed by atoms with Crippen LogP contribution in [0.5, 0.6) is 0 Å². The molecule has 1 aliphatic carbocycles. The molecular weight excluding hydrogens is 300 g/mol. The van der Waals surface area contributed by atoms with Crippen LogP contribution >= 0.6 is 0 Å². The van der Waals surface area contributed by atoms with E-state index in [1.807, 2.05) is 12.1 Å². The number of H-pyrrole nitrogens is 1. The summed E-state index contributed by atoms with van der Waals surface area (Å²) in [4.78, 5) is 22.1. The van der Waals surface area contributed by atoms with Crippen LogP contribution in [0.3, 0.4) is 0 Å². The quantitative estimate of drug-likeness (QED) is 0.922. The Hall–Kier alpha value is -2.35. The second-order valence-corrected chi connectivity index (χ2v) is 7.18. The van der Waals surface area contributed by atoms with Gasteiger partial charge in [-0.3, -0.25) is 4.79 Å². The molecule has 2 aromatic heterocycles. The number of rotatable bonds is 2. The molecule has 0 amide bonds. The van der Waals surface area contributed by atoms with E-state index in [0.717, 1.165) is 54.8 Å². The molecule has 5 nitrogen and oxygen atoms in total. The first kappa shape index (κ1) is 15.2. The maximum Gasteiger partial charge on any atom is 0.268 e. The second kappa shape index (κ2) is 5.62. The summed E-state index contributed by atoms with van der Waals surface area (Å²) in [7, 11) is 0. The first-order valence-electron chi connectivity index (χ1n) is 8.87. The smallest absolute Gasteiger partial charge is 0.268 e. The molecule has 2 aliphatic rings. The third-order valence-electron chi connectivity index (χ3n) is 5.92. The molecule has 0 radical (unpaired) electrons. The van der Waals surface area contributed by atoms with E-state index in [1.165, 1.54) is 19.3 Å². The number of anilines is 1. The normalized spacial score (nSPS) is 19.2. The molecule has 124 valence electrons. The van der Waals surface area contributed by atoms with Crippen molar-refractivity contribution in [1.29, 1.82) is 5.26 Å². The lowest BCUT2D eigenvalue weighted by molar-refractivity contribution is 0.0955. The monoisotopic (exact) mass is 322 g/mol. The van der Waals surface area contributed by atoms with Gasteiger partial charge in [0.15, 0.2) is 0 Å². The number of aryl methyl sites for hydroxylation is 1. The minimum atomic E-state index is -0.310. The van der Waals surface area contributed by atoms with Gasteiger partial charge in [0.2, 0.25) is 0 Å². The summed E-state index contributed by atoms with van der Waals surface area (Å²) in [6.07, 6.45) is 7.15. The number of pyridine rings is 2. The maximum atomic E-state index is 12.3. The Morgan fingerprint density at radius 2 is 2.04 bits per heavy atom. The standard InChI is InChI=1S/C19H22N4O/c1-2-13-4-5-15-16(21-13)17(14(12-20)18(24)22-15)23-10-8-19(9-11-23)6-3-7-19/h4-5H,2-3,6-11H2,1H3,(H,22,24). The Kier molecular flexibility index (Phi) is 3.56. The Labute approximate surface area is 141 Å². The van der Waals surface area contributed by atoms with Gasteiger partial charge in [0.05, 0.1) is 11.2 Å². The van der Waals surface area contributed by atoms with Crippen LogP contribution in [0.1, 0.15) is 50.3 Å². The SMILES string of the molecule is CCc1ccc2[nH]c(=O)c(C#N)c(N3CCC4(CCC4)CC3)c2n1. The predicted molar refractivity (Wildman–Crippen MR) is 94.2 cm³/mol. The van der Waals surface area contributed by atoms with Crippen LogP contribution in [0.15, 0.2) is 16.9 Å². The first-order chi connectivity index (χ1) is 11.7. The molecule has 1 saturated carbocycles. The van der Waals surface area contributed by atoms with Crippen molar-refractivity contribution in [3.05, 3.63) is 33.7 Å². The Morgan fingerprint density at radius 3 is 2.62 bits per heavy atom. The zero-order valence-corrected chi connectivity index (χ0v) is 14.1. The van der Waals surface area contributed by atoms with Gasteiger partial charge in [-0.25, -0.2) is 4.98 Å². The maximum absolute atomic E-state index is 12.3. The average molecular weight is 322 g/mol. The van der Waals surface area contributed by atoms with Crippen molar-refractivity contribution in [2.75, 3.05) is 18.0 Å². The van der Waals surface area contributed by atoms with Gasteiger partial charge in [-0.15, -0.1) is 0 Å². The summed E-state index contributed by atoms with van der Waals surface area (Å²) in [6.45, 7) is 3.88. The number of aromatic nitrogens is 2. The third-order valence-corrected chi connectivity index (χ3v) is 5.92. The third kappa shape index (κ3) is 2.29. The van der Waals surface area contributed by atoms with Crippen LogP contribution in [-0.2, 0) is 6.42 Å². The highest BCUT2D eigenvalue weighted by atomic mass is 16.1. The first-order valence-corrected chi connectivity index (χ1v) is 8.87. The van der Waals surface area contributed by atoms with Gasteiger partial charge < -0.3 is 9.88 Å². The molecule has 1 saturated heterocycles. The molecule has 0 atom stereocenters. The number of aromatic amines is 1. The molecule has 5 heteroatoms. The molecular formula is C19H22N4O. The van der Waals surface area contributed by atoms with E-state index < -0.39 is 0 Å². The van der Waals surface area contributed by atoms with Crippen LogP contribution in [0.4, 0.5) is 5.69 Å². The van der Waals surface area contributed by atoms with Gasteiger partial charge in [-0.05, 0) is 49.7 Å². The molecule has 3 heterocycles. The lowest BCUT2D eigenvalue weighted by Crippen LogP contribution is -2.44. The fourth-order valence-electron chi connectivity index (χ4n) is 4.18. The molecule has 1 aliphatic heterocycles. The largest absolute Gasteiger partial charge is 0.368 e. The molecule has 2 fully saturated rings. The summed E-state index contributed by atoms with van der Waals surface area (Å²) in [5.41, 5.74) is 3.61. The topological polar surface area (TPSA) is 72.8 Å². The van der Waals surface area contributed by atoms with Crippen molar-refractivity contribution in [3.63, 3.8) is 0 Å². The molecule has 0 aromatic carbocycles. The van der Waals surface area contributed by atoms with E-state index in [-0.39, 0.29) is 11.1 Å². The van der Waals surface area contributed by atoms with Crippen molar-refractivity contribution in [2.45, 2.75) is 45.4 Å². The highest BCUT2D eigenvalue weighted by Gasteiger charge is 2.40. The molecule has 4 rings (SSSR count). The van der Waals surface area contributed by atoms with Gasteiger partial charge in [0.25, 0.3) is 5.56 Å². The van der Waals surface area contributed by atoms with Crippen LogP contribution < -0.4 is 10.5 Å². The molecule has 1 spiro atoms. The summed E-state index contributed by atoms with van der Waals surface area (Å²) < 4.78 is 0. The summed E-state index contributed by atoms with van der Waals surface area (Å²) in [5.74, 6) is 0. The van der Waals surface area contributed by atoms with Gasteiger partial charge in [-0.2, -0.15) is 5.26 Å². The fraction of sp³-hybridized carbons (Fsp3) is 0.526. The van der Waals surface area contributed by atoms with Crippen molar-refractivity contribution < 1.29 is 0 Å². The minimum absolute atomic E-state index is 0.202. The van der Waals surface area contributed by atoms with Crippen LogP contribution in [0.2, 0.25) is 0 Å². The highest BCUT2D eigenvalue weighted by Crippen LogP contribution is 2.49. The molecule has 24 heavy (non-hydrogen) atoms. The summed E-state index contributed by atoms with van der Waals surface area (Å²) in [5, 5.41) is 9.55. The number of nitrogens with zero attached hydrogens (tertiary/aromatic N) is 3. The van der Waals surface area contributed by atoms with E-state index in [4.69, 9.17) is 4.98 Å². The number of nitrogens with one attached hydrogen (secondary N) is 1. The Balaban J connectivity index is 1.83. The Morgan fingerprint density at radius 1 is 1.29 bits per heavy atom. The minimum Gasteiger partial charge on any atom is -0.368 e. The number of fused-ring (bicyclic) bond motifs is 1. The van der Waals surface area contributed by atoms with Gasteiger partial charge >= 0.3 is 0 Å².